The molecule has 1 atom stereocenters. The van der Waals surface area contributed by atoms with Gasteiger partial charge >= 0.3 is 70.2 Å². The summed E-state index contributed by atoms with van der Waals surface area (Å²) in [6, 6.07) is 19.7. The zero-order chi connectivity index (χ0) is 43.1. The molecule has 0 saturated carbocycles. The largest absolute Gasteiger partial charge is 1.00 e. The van der Waals surface area contributed by atoms with Gasteiger partial charge in [0.15, 0.2) is 0 Å². The summed E-state index contributed by atoms with van der Waals surface area (Å²) in [7, 11) is -13.3. The van der Waals surface area contributed by atoms with Crippen LogP contribution in [0.3, 0.4) is 0 Å². The van der Waals surface area contributed by atoms with Crippen LogP contribution in [0.25, 0.3) is 28.1 Å². The molecule has 0 amide bonds. The summed E-state index contributed by atoms with van der Waals surface area (Å²) in [6.45, 7) is 2.53. The van der Waals surface area contributed by atoms with Crippen LogP contribution in [0.2, 0.25) is 10.6 Å². The van der Waals surface area contributed by atoms with E-state index in [0.717, 1.165) is 12.1 Å². The minimum Gasteiger partial charge on any atom is -0.756 e. The third kappa shape index (κ3) is 11.1. The molecule has 1 unspecified atom stereocenters. The van der Waals surface area contributed by atoms with E-state index in [0.29, 0.717) is 45.9 Å². The second-order valence-electron chi connectivity index (χ2n) is 12.8. The normalized spacial score (nSPS) is 13.7. The quantitative estimate of drug-likeness (QED) is 0.0473. The van der Waals surface area contributed by atoms with Crippen LogP contribution in [0.5, 0.6) is 5.75 Å². The second kappa shape index (κ2) is 19.6. The zero-order valence-electron chi connectivity index (χ0n) is 32.9. The molecule has 4 aromatic rings. The number of hydrogen-bond donors (Lipinski definition) is 2. The predicted octanol–water partition coefficient (Wildman–Crippen LogP) is -2.49. The molecule has 310 valence electrons. The van der Waals surface area contributed by atoms with Gasteiger partial charge in [0.1, 0.15) is 30.9 Å². The van der Waals surface area contributed by atoms with Gasteiger partial charge < -0.3 is 37.7 Å². The fourth-order valence-electron chi connectivity index (χ4n) is 6.32. The molecule has 62 heavy (non-hydrogen) atoms. The Morgan fingerprint density at radius 1 is 0.855 bits per heavy atom. The zero-order valence-corrected chi connectivity index (χ0v) is 40.8. The molecule has 0 spiro atoms. The summed E-state index contributed by atoms with van der Waals surface area (Å²) in [4.78, 5) is 16.7. The second-order valence-corrected chi connectivity index (χ2v) is 17.6. The van der Waals surface area contributed by atoms with E-state index in [9.17, 15) is 39.3 Å². The molecule has 25 heteroatoms. The SMILES string of the molecule is CCN(Cc1cccc(S(=O)(=O)[O-])c1)c1ccc2nc3ccc(=[N+]=C4C=CC(Nc5nc(Cl)nc(Cl)n5)=CC4=S(=O)([O-])O)cc-3n(-c3ccc(S(=O)(=O)[O-])c(OC)c3)c2c1.[Na+].[Na+]. The van der Waals surface area contributed by atoms with Crippen molar-refractivity contribution in [1.82, 2.24) is 29.2 Å². The number of benzene rings is 4. The molecule has 1 aromatic heterocycles. The van der Waals surface area contributed by atoms with Crippen molar-refractivity contribution < 1.29 is 103 Å². The maximum Gasteiger partial charge on any atom is 1.00 e. The molecule has 1 aliphatic heterocycles. The Morgan fingerprint density at radius 2 is 1.58 bits per heavy atom. The van der Waals surface area contributed by atoms with Gasteiger partial charge in [-0.3, -0.25) is 4.21 Å². The third-order valence-electron chi connectivity index (χ3n) is 8.95. The van der Waals surface area contributed by atoms with Crippen LogP contribution in [0.4, 0.5) is 11.6 Å². The number of aromatic nitrogens is 5. The van der Waals surface area contributed by atoms with E-state index in [1.54, 1.807) is 47.0 Å². The fourth-order valence-corrected chi connectivity index (χ4v) is 8.50. The minimum atomic E-state index is -4.95. The Balaban J connectivity index is 0.00000363. The standard InChI is InChI=1S/C37H30Cl2N8O10S3.2Na/c1-3-46(20-21-5-4-6-26(15-21)58(48,49)50)24-9-13-28-31(18-24)47(25-10-14-33(59(51,52)53)32(19-25)57-2)30-16-22(7-11-27(30)42-28)40-29-12-8-23(17-34(29)60(54,55)56)41-37-44-35(38)43-36(39)45-37;;/h4-19H,3,20H2,1-2H3,(H4,41,42,43,44,45,48,49,50,51,52,53,54,55,56);;/q;2*+1/p-2. The number of ether oxygens (including phenoxy) is 1. The monoisotopic (exact) mass is 956 g/mol. The number of methoxy groups -OCH3 is 1. The average Bonchev–Trinajstić information content (AvgIpc) is 3.18. The van der Waals surface area contributed by atoms with E-state index >= 15 is 0 Å². The first-order valence-electron chi connectivity index (χ1n) is 17.2. The molecular weight excluding hydrogens is 930 g/mol. The van der Waals surface area contributed by atoms with Gasteiger partial charge in [-0.1, -0.05) is 16.8 Å². The van der Waals surface area contributed by atoms with Crippen molar-refractivity contribution >= 4 is 86.8 Å². The molecule has 0 bridgehead atoms. The maximum absolute atomic E-state index is 12.6. The molecule has 0 radical (unpaired) electrons. The van der Waals surface area contributed by atoms with Crippen LogP contribution < -0.4 is 84.1 Å². The van der Waals surface area contributed by atoms with Crippen molar-refractivity contribution in [3.8, 4) is 22.8 Å². The van der Waals surface area contributed by atoms with Gasteiger partial charge in [-0.15, -0.1) is 0 Å². The van der Waals surface area contributed by atoms with Gasteiger partial charge in [-0.05, 0) is 96.4 Å². The molecule has 0 saturated heterocycles. The first-order valence-corrected chi connectivity index (χ1v) is 22.2. The topological polar surface area (TPSA) is 270 Å². The molecule has 3 aliphatic rings. The van der Waals surface area contributed by atoms with Gasteiger partial charge in [0.2, 0.25) is 16.5 Å². The Bertz CT molecular complexity index is 3240. The van der Waals surface area contributed by atoms with Crippen molar-refractivity contribution in [3.63, 3.8) is 0 Å². The van der Waals surface area contributed by atoms with Crippen LogP contribution >= 0.6 is 23.2 Å². The van der Waals surface area contributed by atoms with Crippen molar-refractivity contribution in [2.75, 3.05) is 23.9 Å². The average molecular weight is 958 g/mol. The first-order chi connectivity index (χ1) is 28.3. The van der Waals surface area contributed by atoms with E-state index in [4.69, 9.17) is 32.9 Å². The number of nitrogens with zero attached hydrogens (tertiary/aromatic N) is 7. The molecular formula is C37H28Cl2N8Na2O10S3. The van der Waals surface area contributed by atoms with Crippen LogP contribution in [0.1, 0.15) is 12.5 Å². The molecule has 2 heterocycles. The molecule has 7 rings (SSSR count). The predicted molar refractivity (Wildman–Crippen MR) is 221 cm³/mol. The number of anilines is 2. The van der Waals surface area contributed by atoms with Gasteiger partial charge in [-0.2, -0.15) is 15.0 Å². The number of allylic oxidation sites excluding steroid dienone is 3. The summed E-state index contributed by atoms with van der Waals surface area (Å²) >= 11 is 11.7. The molecule has 2 N–H and O–H groups in total. The number of halogens is 2. The number of rotatable bonds is 10. The van der Waals surface area contributed by atoms with Gasteiger partial charge in [0.25, 0.3) is 0 Å². The fraction of sp³-hybridized carbons (Fsp3) is 0.108. The summed E-state index contributed by atoms with van der Waals surface area (Å²) in [5.74, 6) is -0.335. The van der Waals surface area contributed by atoms with Crippen molar-refractivity contribution in [2.24, 2.45) is 0 Å². The van der Waals surface area contributed by atoms with E-state index in [-0.39, 0.29) is 110 Å². The maximum atomic E-state index is 12.6. The smallest absolute Gasteiger partial charge is 0.756 e. The van der Waals surface area contributed by atoms with E-state index in [1.807, 2.05) is 11.8 Å². The van der Waals surface area contributed by atoms with Crippen LogP contribution in [0, 0.1) is 0 Å². The molecule has 18 nitrogen and oxygen atoms in total. The minimum absolute atomic E-state index is 0. The molecule has 0 fully saturated rings. The molecule has 3 aromatic carbocycles. The Labute approximate surface area is 409 Å². The summed E-state index contributed by atoms with van der Waals surface area (Å²) < 4.78 is 119. The third-order valence-corrected chi connectivity index (χ3v) is 11.9. The van der Waals surface area contributed by atoms with Crippen LogP contribution in [-0.4, -0.2) is 88.0 Å². The van der Waals surface area contributed by atoms with Crippen molar-refractivity contribution in [1.29, 1.82) is 0 Å². The van der Waals surface area contributed by atoms with Gasteiger partial charge in [0, 0.05) is 52.8 Å². The van der Waals surface area contributed by atoms with Crippen molar-refractivity contribution in [3.05, 3.63) is 124 Å². The molecule has 2 aliphatic carbocycles. The van der Waals surface area contributed by atoms with Crippen LogP contribution in [-0.2, 0) is 36.9 Å². The van der Waals surface area contributed by atoms with Crippen LogP contribution in [0.15, 0.2) is 113 Å². The van der Waals surface area contributed by atoms with Crippen molar-refractivity contribution in [2.45, 2.75) is 23.3 Å². The summed E-state index contributed by atoms with van der Waals surface area (Å²) in [5, 5.41) is 2.50. The summed E-state index contributed by atoms with van der Waals surface area (Å²) in [6.07, 6.45) is 3.88. The van der Waals surface area contributed by atoms with E-state index < -0.39 is 40.1 Å². The number of nitrogens with one attached hydrogen (secondary N) is 1. The first kappa shape index (κ1) is 49.3. The number of fused-ring (bicyclic) bond motifs is 2. The number of hydrogen-bond acceptors (Lipinski definition) is 15. The Morgan fingerprint density at radius 3 is 2.23 bits per heavy atom. The Kier molecular flexibility index (Phi) is 15.6. The van der Waals surface area contributed by atoms with E-state index in [2.05, 4.69) is 24.9 Å². The summed E-state index contributed by atoms with van der Waals surface area (Å²) in [5.41, 5.74) is 3.25. The Hall–Kier alpha value is -3.71. The van der Waals surface area contributed by atoms with Gasteiger partial charge in [0.05, 0.1) is 51.1 Å². The van der Waals surface area contributed by atoms with Gasteiger partial charge in [-0.25, -0.2) is 21.8 Å². The van der Waals surface area contributed by atoms with E-state index in [1.165, 1.54) is 49.6 Å².